The number of nitrogens with zero attached hydrogens (tertiary/aromatic N) is 1. The fraction of sp³-hybridized carbons (Fsp3) is 0.545. The Kier molecular flexibility index (Phi) is 8.38. The molecular formula is C33H43N3O5S. The van der Waals surface area contributed by atoms with Crippen LogP contribution in [0.2, 0.25) is 0 Å². The van der Waals surface area contributed by atoms with E-state index in [0.717, 1.165) is 29.0 Å². The highest BCUT2D eigenvalue weighted by Gasteiger charge is 2.77. The molecule has 3 aliphatic heterocycles. The second-order valence-corrected chi connectivity index (χ2v) is 14.5. The van der Waals surface area contributed by atoms with Gasteiger partial charge in [-0.25, -0.2) is 0 Å². The molecule has 2 bridgehead atoms. The van der Waals surface area contributed by atoms with Crippen LogP contribution in [-0.4, -0.2) is 62.5 Å². The predicted molar refractivity (Wildman–Crippen MR) is 167 cm³/mol. The summed E-state index contributed by atoms with van der Waals surface area (Å²) < 4.78 is 4.27. The molecule has 5 rings (SSSR count). The molecule has 8 nitrogen and oxygen atoms in total. The van der Waals surface area contributed by atoms with Crippen molar-refractivity contribution < 1.29 is 24.2 Å². The monoisotopic (exact) mass is 593 g/mol. The second-order valence-electron chi connectivity index (χ2n) is 12.6. The molecular weight excluding hydrogens is 550 g/mol. The zero-order chi connectivity index (χ0) is 30.4. The number of benzene rings is 2. The normalized spacial score (nSPS) is 28.6. The van der Waals surface area contributed by atoms with Crippen LogP contribution in [0.1, 0.15) is 58.1 Å². The zero-order valence-electron chi connectivity index (χ0n) is 25.4. The summed E-state index contributed by atoms with van der Waals surface area (Å²) in [6.07, 6.45) is 1.93. The van der Waals surface area contributed by atoms with Crippen LogP contribution in [0.4, 0.5) is 11.4 Å². The van der Waals surface area contributed by atoms with Gasteiger partial charge in [-0.2, -0.15) is 0 Å². The number of thioether (sulfide) groups is 1. The molecule has 3 amide bonds. The van der Waals surface area contributed by atoms with Gasteiger partial charge in [-0.05, 0) is 88.3 Å². The Hall–Kier alpha value is -3.04. The Labute approximate surface area is 253 Å². The van der Waals surface area contributed by atoms with Crippen molar-refractivity contribution in [2.24, 2.45) is 17.8 Å². The van der Waals surface area contributed by atoms with Crippen molar-refractivity contribution >= 4 is 40.9 Å². The highest BCUT2D eigenvalue weighted by molar-refractivity contribution is 8.02. The van der Waals surface area contributed by atoms with Gasteiger partial charge in [0.15, 0.2) is 0 Å². The Bertz CT molecular complexity index is 1340. The first-order chi connectivity index (χ1) is 20.0. The summed E-state index contributed by atoms with van der Waals surface area (Å²) in [5, 5.41) is 16.7. The highest BCUT2D eigenvalue weighted by atomic mass is 32.2. The van der Waals surface area contributed by atoms with E-state index < -0.39 is 33.4 Å². The Morgan fingerprint density at radius 2 is 1.74 bits per heavy atom. The van der Waals surface area contributed by atoms with Gasteiger partial charge >= 0.3 is 0 Å². The van der Waals surface area contributed by atoms with Gasteiger partial charge in [-0.3, -0.25) is 14.4 Å². The molecule has 3 aliphatic rings. The van der Waals surface area contributed by atoms with Gasteiger partial charge in [-0.1, -0.05) is 32.0 Å². The number of para-hydroxylation sites is 1. The van der Waals surface area contributed by atoms with Crippen LogP contribution in [0.25, 0.3) is 0 Å². The van der Waals surface area contributed by atoms with Crippen molar-refractivity contribution in [3.8, 4) is 5.75 Å². The largest absolute Gasteiger partial charge is 0.494 e. The summed E-state index contributed by atoms with van der Waals surface area (Å²) in [4.78, 5) is 44.5. The predicted octanol–water partition coefficient (Wildman–Crippen LogP) is 5.17. The number of anilines is 2. The molecule has 0 aliphatic carbocycles. The van der Waals surface area contributed by atoms with Gasteiger partial charge in [0, 0.05) is 16.1 Å². The zero-order valence-corrected chi connectivity index (χ0v) is 26.2. The van der Waals surface area contributed by atoms with Crippen LogP contribution < -0.4 is 15.4 Å². The van der Waals surface area contributed by atoms with Gasteiger partial charge in [0.2, 0.25) is 17.7 Å². The van der Waals surface area contributed by atoms with Crippen molar-refractivity contribution in [1.29, 1.82) is 0 Å². The number of likely N-dealkylation sites (tertiary alicyclic amines) is 1. The van der Waals surface area contributed by atoms with Gasteiger partial charge in [0.05, 0.1) is 35.8 Å². The molecule has 3 N–H and O–H groups in total. The minimum atomic E-state index is -0.806. The standard InChI is InChI=1S/C33H43N3O5S/c1-7-41-24-13-11-22(12-14-24)34-29(38)25-26-31(40)36(23(18-37)17-19(2)3)28(33(26)16-15-32(25,6)42-33)30(39)35-27-20(4)9-8-10-21(27)5/h8-14,19,23,25-26,28,37H,7,15-18H2,1-6H3,(H,34,38)(H,35,39)/t23-,25+,26+,28?,32-,33?/m1/s1. The first-order valence-electron chi connectivity index (χ1n) is 15.0. The van der Waals surface area contributed by atoms with E-state index in [9.17, 15) is 19.5 Å². The number of hydrogen-bond acceptors (Lipinski definition) is 6. The lowest BCUT2D eigenvalue weighted by molar-refractivity contribution is -0.142. The Balaban J connectivity index is 1.52. The molecule has 9 heteroatoms. The number of rotatable bonds is 10. The van der Waals surface area contributed by atoms with E-state index in [0.29, 0.717) is 25.1 Å². The van der Waals surface area contributed by atoms with E-state index in [1.54, 1.807) is 28.8 Å². The maximum atomic E-state index is 14.5. The number of hydrogen-bond donors (Lipinski definition) is 3. The molecule has 2 aromatic rings. The second kappa shape index (κ2) is 11.6. The minimum Gasteiger partial charge on any atom is -0.494 e. The molecule has 0 radical (unpaired) electrons. The molecule has 3 saturated heterocycles. The highest BCUT2D eigenvalue weighted by Crippen LogP contribution is 2.71. The smallest absolute Gasteiger partial charge is 0.248 e. The van der Waals surface area contributed by atoms with E-state index in [4.69, 9.17) is 4.74 Å². The van der Waals surface area contributed by atoms with E-state index in [1.165, 1.54) is 0 Å². The van der Waals surface area contributed by atoms with Crippen LogP contribution in [0.15, 0.2) is 42.5 Å². The summed E-state index contributed by atoms with van der Waals surface area (Å²) in [7, 11) is 0. The summed E-state index contributed by atoms with van der Waals surface area (Å²) in [6.45, 7) is 12.3. The van der Waals surface area contributed by atoms with Gasteiger partial charge in [0.1, 0.15) is 11.8 Å². The lowest BCUT2D eigenvalue weighted by atomic mass is 9.66. The average molecular weight is 594 g/mol. The molecule has 1 spiro atoms. The third kappa shape index (κ3) is 5.08. The molecule has 42 heavy (non-hydrogen) atoms. The topological polar surface area (TPSA) is 108 Å². The van der Waals surface area contributed by atoms with Crippen molar-refractivity contribution in [3.05, 3.63) is 53.6 Å². The molecule has 2 unspecified atom stereocenters. The van der Waals surface area contributed by atoms with Crippen LogP contribution in [0.5, 0.6) is 5.75 Å². The maximum absolute atomic E-state index is 14.5. The van der Waals surface area contributed by atoms with Gasteiger partial charge < -0.3 is 25.4 Å². The fourth-order valence-electron chi connectivity index (χ4n) is 7.50. The van der Waals surface area contributed by atoms with Gasteiger partial charge in [0.25, 0.3) is 0 Å². The molecule has 0 aromatic heterocycles. The molecule has 226 valence electrons. The lowest BCUT2D eigenvalue weighted by Crippen LogP contribution is -2.55. The molecule has 3 fully saturated rings. The summed E-state index contributed by atoms with van der Waals surface area (Å²) >= 11 is 1.63. The number of carbonyl (C=O) groups excluding carboxylic acids is 3. The number of aryl methyl sites for hydroxylation is 2. The molecule has 0 saturated carbocycles. The first kappa shape index (κ1) is 30.4. The SMILES string of the molecule is CCOc1ccc(NC(=O)[C@@H]2[C@H]3C(=O)N([C@@H](CO)CC(C)C)C(C(=O)Nc4c(C)cccc4C)C34CC[C@@]2(C)S4)cc1. The third-order valence-corrected chi connectivity index (χ3v) is 11.2. The summed E-state index contributed by atoms with van der Waals surface area (Å²) in [5.74, 6) is -1.04. The quantitative estimate of drug-likeness (QED) is 0.351. The van der Waals surface area contributed by atoms with Crippen molar-refractivity contribution in [1.82, 2.24) is 4.90 Å². The van der Waals surface area contributed by atoms with Crippen molar-refractivity contribution in [2.75, 3.05) is 23.8 Å². The number of aliphatic hydroxyl groups is 1. The van der Waals surface area contributed by atoms with Crippen molar-refractivity contribution in [3.63, 3.8) is 0 Å². The number of amides is 3. The Morgan fingerprint density at radius 1 is 1.07 bits per heavy atom. The van der Waals surface area contributed by atoms with E-state index in [-0.39, 0.29) is 30.2 Å². The Morgan fingerprint density at radius 3 is 2.33 bits per heavy atom. The number of nitrogens with one attached hydrogen (secondary N) is 2. The fourth-order valence-corrected chi connectivity index (χ4v) is 9.84. The molecule has 2 aromatic carbocycles. The maximum Gasteiger partial charge on any atom is 0.248 e. The first-order valence-corrected chi connectivity index (χ1v) is 15.8. The van der Waals surface area contributed by atoms with Crippen LogP contribution in [0.3, 0.4) is 0 Å². The number of fused-ring (bicyclic) bond motifs is 1. The van der Waals surface area contributed by atoms with Crippen LogP contribution in [-0.2, 0) is 14.4 Å². The lowest BCUT2D eigenvalue weighted by Gasteiger charge is -2.37. The third-order valence-electron chi connectivity index (χ3n) is 9.26. The van der Waals surface area contributed by atoms with E-state index in [2.05, 4.69) is 17.6 Å². The summed E-state index contributed by atoms with van der Waals surface area (Å²) in [5.41, 5.74) is 3.26. The number of aliphatic hydroxyl groups excluding tert-OH is 1. The average Bonchev–Trinajstić information content (AvgIpc) is 3.51. The number of carbonyl (C=O) groups is 3. The number of ether oxygens (including phenoxy) is 1. The van der Waals surface area contributed by atoms with E-state index >= 15 is 0 Å². The van der Waals surface area contributed by atoms with Crippen molar-refractivity contribution in [2.45, 2.75) is 82.4 Å². The molecule has 6 atom stereocenters. The minimum absolute atomic E-state index is 0.204. The van der Waals surface area contributed by atoms with Gasteiger partial charge in [-0.15, -0.1) is 11.8 Å². The molecule has 3 heterocycles. The van der Waals surface area contributed by atoms with Crippen LogP contribution in [0, 0.1) is 31.6 Å². The summed E-state index contributed by atoms with van der Waals surface area (Å²) in [6, 6.07) is 11.8. The van der Waals surface area contributed by atoms with E-state index in [1.807, 2.05) is 65.0 Å². The van der Waals surface area contributed by atoms with Crippen LogP contribution >= 0.6 is 11.8 Å².